The van der Waals surface area contributed by atoms with E-state index in [0.29, 0.717) is 5.82 Å². The number of carbonyl (C=O) groups excluding carboxylic acids is 1. The summed E-state index contributed by atoms with van der Waals surface area (Å²) in [6.45, 7) is 1.29. The Bertz CT molecular complexity index is 386. The molecule has 94 valence electrons. The zero-order valence-corrected chi connectivity index (χ0v) is 9.42. The van der Waals surface area contributed by atoms with Crippen molar-refractivity contribution >= 4 is 11.7 Å². The number of aromatic nitrogens is 1. The highest BCUT2D eigenvalue weighted by molar-refractivity contribution is 5.72. The number of rotatable bonds is 5. The number of hydrogen-bond acceptors (Lipinski definition) is 6. The molecule has 0 saturated heterocycles. The fourth-order valence-electron chi connectivity index (χ4n) is 1.25. The van der Waals surface area contributed by atoms with Gasteiger partial charge in [0, 0.05) is 13.5 Å². The number of nitrogens with one attached hydrogen (secondary N) is 2. The highest BCUT2D eigenvalue weighted by Gasteiger charge is 2.19. The summed E-state index contributed by atoms with van der Waals surface area (Å²) in [5.74, 6) is 5.29. The summed E-state index contributed by atoms with van der Waals surface area (Å²) < 4.78 is 0. The van der Waals surface area contributed by atoms with Crippen LogP contribution >= 0.6 is 0 Å². The van der Waals surface area contributed by atoms with Crippen molar-refractivity contribution in [1.29, 1.82) is 0 Å². The van der Waals surface area contributed by atoms with Crippen molar-refractivity contribution < 1.29 is 15.0 Å². The van der Waals surface area contributed by atoms with E-state index in [1.807, 2.05) is 0 Å². The lowest BCUT2D eigenvalue weighted by molar-refractivity contribution is -0.119. The van der Waals surface area contributed by atoms with Crippen LogP contribution in [0.3, 0.4) is 0 Å². The molecule has 6 N–H and O–H groups in total. The van der Waals surface area contributed by atoms with E-state index >= 15 is 0 Å². The number of nitrogen functional groups attached to an aromatic ring is 1. The number of nitrogens with zero attached hydrogens (tertiary/aromatic N) is 1. The second-order valence-electron chi connectivity index (χ2n) is 3.54. The second-order valence-corrected chi connectivity index (χ2v) is 3.54. The molecule has 1 rings (SSSR count). The van der Waals surface area contributed by atoms with Crippen molar-refractivity contribution in [3.63, 3.8) is 0 Å². The van der Waals surface area contributed by atoms with Gasteiger partial charge in [-0.05, 0) is 12.1 Å². The van der Waals surface area contributed by atoms with Crippen molar-refractivity contribution in [1.82, 2.24) is 10.3 Å². The van der Waals surface area contributed by atoms with Gasteiger partial charge in [-0.25, -0.2) is 10.8 Å². The van der Waals surface area contributed by atoms with Gasteiger partial charge in [0.05, 0.1) is 5.69 Å². The van der Waals surface area contributed by atoms with Crippen LogP contribution in [-0.4, -0.2) is 33.8 Å². The average Bonchev–Trinajstić information content (AvgIpc) is 2.35. The van der Waals surface area contributed by atoms with E-state index < -0.39 is 12.2 Å². The highest BCUT2D eigenvalue weighted by atomic mass is 16.3. The van der Waals surface area contributed by atoms with Crippen molar-refractivity contribution in [3.8, 4) is 0 Å². The van der Waals surface area contributed by atoms with Crippen LogP contribution in [0.15, 0.2) is 18.2 Å². The standard InChI is InChI=1S/C10H16N4O3/c1-6(15)12-5-8(16)10(17)7-3-2-4-9(13-7)14-11/h2-4,8,10,16-17H,5,11H2,1H3,(H,12,15)(H,13,14). The van der Waals surface area contributed by atoms with Gasteiger partial charge in [0.1, 0.15) is 18.0 Å². The molecule has 0 fully saturated rings. The Hall–Kier alpha value is -1.70. The highest BCUT2D eigenvalue weighted by Crippen LogP contribution is 2.15. The minimum absolute atomic E-state index is 0.0432. The van der Waals surface area contributed by atoms with Crippen LogP contribution in [0.2, 0.25) is 0 Å². The van der Waals surface area contributed by atoms with Crippen molar-refractivity contribution in [3.05, 3.63) is 23.9 Å². The van der Waals surface area contributed by atoms with Gasteiger partial charge in [-0.15, -0.1) is 0 Å². The lowest BCUT2D eigenvalue weighted by atomic mass is 10.1. The third kappa shape index (κ3) is 3.99. The Morgan fingerprint density at radius 3 is 2.82 bits per heavy atom. The first-order valence-electron chi connectivity index (χ1n) is 5.08. The molecule has 2 atom stereocenters. The Kier molecular flexibility index (Phi) is 4.83. The Morgan fingerprint density at radius 2 is 2.24 bits per heavy atom. The maximum absolute atomic E-state index is 10.7. The topological polar surface area (TPSA) is 120 Å². The van der Waals surface area contributed by atoms with E-state index in [0.717, 1.165) is 0 Å². The maximum atomic E-state index is 10.7. The van der Waals surface area contributed by atoms with Crippen LogP contribution in [0.4, 0.5) is 5.82 Å². The first-order chi connectivity index (χ1) is 8.04. The molecule has 7 heteroatoms. The summed E-state index contributed by atoms with van der Waals surface area (Å²) in [7, 11) is 0. The second kappa shape index (κ2) is 6.14. The Labute approximate surface area is 98.6 Å². The van der Waals surface area contributed by atoms with Crippen LogP contribution in [0, 0.1) is 0 Å². The van der Waals surface area contributed by atoms with E-state index in [2.05, 4.69) is 15.7 Å². The molecular weight excluding hydrogens is 224 g/mol. The van der Waals surface area contributed by atoms with Gasteiger partial charge in [-0.3, -0.25) is 4.79 Å². The molecule has 2 unspecified atom stereocenters. The molecule has 0 aromatic carbocycles. The zero-order valence-electron chi connectivity index (χ0n) is 9.42. The molecule has 0 radical (unpaired) electrons. The summed E-state index contributed by atoms with van der Waals surface area (Å²) in [5, 5.41) is 21.8. The summed E-state index contributed by atoms with van der Waals surface area (Å²) >= 11 is 0. The molecule has 7 nitrogen and oxygen atoms in total. The van der Waals surface area contributed by atoms with Crippen LogP contribution in [0.25, 0.3) is 0 Å². The molecule has 0 aliphatic rings. The number of hydrogen-bond donors (Lipinski definition) is 5. The lowest BCUT2D eigenvalue weighted by Crippen LogP contribution is -2.34. The van der Waals surface area contributed by atoms with Gasteiger partial charge < -0.3 is 21.0 Å². The minimum atomic E-state index is -1.19. The van der Waals surface area contributed by atoms with Crippen molar-refractivity contribution in [2.75, 3.05) is 12.0 Å². The number of amides is 1. The number of nitrogens with two attached hydrogens (primary N) is 1. The van der Waals surface area contributed by atoms with E-state index in [-0.39, 0.29) is 18.1 Å². The third-order valence-electron chi connectivity index (χ3n) is 2.15. The molecule has 1 amide bonds. The quantitative estimate of drug-likeness (QED) is 0.329. The minimum Gasteiger partial charge on any atom is -0.388 e. The first kappa shape index (κ1) is 13.4. The number of carbonyl (C=O) groups is 1. The first-order valence-corrected chi connectivity index (χ1v) is 5.08. The molecule has 1 aromatic heterocycles. The Balaban J connectivity index is 2.66. The summed E-state index contributed by atoms with van der Waals surface area (Å²) in [6.07, 6.45) is -2.31. The predicted molar refractivity (Wildman–Crippen MR) is 61.7 cm³/mol. The van der Waals surface area contributed by atoms with Gasteiger partial charge in [0.2, 0.25) is 5.91 Å². The average molecular weight is 240 g/mol. The van der Waals surface area contributed by atoms with Crippen molar-refractivity contribution in [2.24, 2.45) is 5.84 Å². The van der Waals surface area contributed by atoms with E-state index in [4.69, 9.17) is 5.84 Å². The number of anilines is 1. The van der Waals surface area contributed by atoms with E-state index in [9.17, 15) is 15.0 Å². The van der Waals surface area contributed by atoms with Gasteiger partial charge in [0.15, 0.2) is 0 Å². The number of pyridine rings is 1. The maximum Gasteiger partial charge on any atom is 0.216 e. The molecular formula is C10H16N4O3. The van der Waals surface area contributed by atoms with Gasteiger partial charge in [-0.2, -0.15) is 0 Å². The number of aliphatic hydroxyl groups excluding tert-OH is 2. The van der Waals surface area contributed by atoms with Gasteiger partial charge in [0.25, 0.3) is 0 Å². The van der Waals surface area contributed by atoms with E-state index in [1.54, 1.807) is 18.2 Å². The smallest absolute Gasteiger partial charge is 0.216 e. The lowest BCUT2D eigenvalue weighted by Gasteiger charge is -2.17. The monoisotopic (exact) mass is 240 g/mol. The normalized spacial score (nSPS) is 13.9. The fraction of sp³-hybridized carbons (Fsp3) is 0.400. The zero-order chi connectivity index (χ0) is 12.8. The van der Waals surface area contributed by atoms with Crippen molar-refractivity contribution in [2.45, 2.75) is 19.1 Å². The fourth-order valence-corrected chi connectivity index (χ4v) is 1.25. The van der Waals surface area contributed by atoms with Gasteiger partial charge in [-0.1, -0.05) is 6.07 Å². The van der Waals surface area contributed by atoms with Gasteiger partial charge >= 0.3 is 0 Å². The largest absolute Gasteiger partial charge is 0.388 e. The molecule has 1 aromatic rings. The van der Waals surface area contributed by atoms with Crippen LogP contribution in [-0.2, 0) is 4.79 Å². The van der Waals surface area contributed by atoms with Crippen LogP contribution in [0.1, 0.15) is 18.7 Å². The molecule has 1 heterocycles. The van der Waals surface area contributed by atoms with E-state index in [1.165, 1.54) is 6.92 Å². The predicted octanol–water partition coefficient (Wildman–Crippen LogP) is -1.10. The number of aliphatic hydroxyl groups is 2. The summed E-state index contributed by atoms with van der Waals surface area (Å²) in [6, 6.07) is 4.82. The molecule has 0 saturated carbocycles. The van der Waals surface area contributed by atoms with Crippen LogP contribution in [0.5, 0.6) is 0 Å². The number of hydrazine groups is 1. The molecule has 0 aliphatic carbocycles. The summed E-state index contributed by atoms with van der Waals surface area (Å²) in [5.41, 5.74) is 2.61. The molecule has 17 heavy (non-hydrogen) atoms. The Morgan fingerprint density at radius 1 is 1.53 bits per heavy atom. The third-order valence-corrected chi connectivity index (χ3v) is 2.15. The molecule has 0 aliphatic heterocycles. The SMILES string of the molecule is CC(=O)NCC(O)C(O)c1cccc(NN)n1. The molecule has 0 spiro atoms. The summed E-state index contributed by atoms with van der Waals surface area (Å²) in [4.78, 5) is 14.6. The van der Waals surface area contributed by atoms with Crippen LogP contribution < -0.4 is 16.6 Å². The molecule has 0 bridgehead atoms.